The summed E-state index contributed by atoms with van der Waals surface area (Å²) < 4.78 is 0. The SMILES string of the molecule is CN(CCCCCO)c1cccc(C#N)n1. The Morgan fingerprint density at radius 3 is 2.88 bits per heavy atom. The van der Waals surface area contributed by atoms with Crippen molar-refractivity contribution < 1.29 is 5.11 Å². The predicted molar refractivity (Wildman–Crippen MR) is 63.2 cm³/mol. The fraction of sp³-hybridized carbons (Fsp3) is 0.500. The van der Waals surface area contributed by atoms with Crippen LogP contribution in [0.25, 0.3) is 0 Å². The molecule has 86 valence electrons. The van der Waals surface area contributed by atoms with Gasteiger partial charge in [-0.3, -0.25) is 0 Å². The van der Waals surface area contributed by atoms with Crippen LogP contribution in [0.1, 0.15) is 25.0 Å². The Morgan fingerprint density at radius 1 is 1.38 bits per heavy atom. The molecule has 0 saturated heterocycles. The van der Waals surface area contributed by atoms with E-state index in [1.54, 1.807) is 6.07 Å². The van der Waals surface area contributed by atoms with Crippen molar-refractivity contribution in [2.24, 2.45) is 0 Å². The highest BCUT2D eigenvalue weighted by atomic mass is 16.2. The quantitative estimate of drug-likeness (QED) is 0.737. The Kier molecular flexibility index (Phi) is 5.30. The third kappa shape index (κ3) is 3.87. The highest BCUT2D eigenvalue weighted by Gasteiger charge is 2.02. The van der Waals surface area contributed by atoms with E-state index in [1.165, 1.54) is 0 Å². The topological polar surface area (TPSA) is 60.1 Å². The van der Waals surface area contributed by atoms with Crippen LogP contribution in [0.3, 0.4) is 0 Å². The molecule has 0 fully saturated rings. The number of nitrogens with zero attached hydrogens (tertiary/aromatic N) is 3. The van der Waals surface area contributed by atoms with Gasteiger partial charge >= 0.3 is 0 Å². The zero-order valence-electron chi connectivity index (χ0n) is 9.56. The smallest absolute Gasteiger partial charge is 0.142 e. The largest absolute Gasteiger partial charge is 0.396 e. The van der Waals surface area contributed by atoms with Crippen LogP contribution in [0.2, 0.25) is 0 Å². The molecule has 0 unspecified atom stereocenters. The van der Waals surface area contributed by atoms with Crippen LogP contribution in [-0.4, -0.2) is 30.3 Å². The van der Waals surface area contributed by atoms with Crippen molar-refractivity contribution in [3.8, 4) is 6.07 Å². The number of hydrogen-bond donors (Lipinski definition) is 1. The van der Waals surface area contributed by atoms with Crippen molar-refractivity contribution >= 4 is 5.82 Å². The molecular weight excluding hydrogens is 202 g/mol. The van der Waals surface area contributed by atoms with Crippen LogP contribution < -0.4 is 4.90 Å². The number of aromatic nitrogens is 1. The molecule has 0 saturated carbocycles. The molecule has 0 aliphatic carbocycles. The van der Waals surface area contributed by atoms with Gasteiger partial charge in [-0.05, 0) is 31.4 Å². The Bertz CT molecular complexity index is 360. The summed E-state index contributed by atoms with van der Waals surface area (Å²) in [6.45, 7) is 1.15. The first-order valence-corrected chi connectivity index (χ1v) is 5.47. The lowest BCUT2D eigenvalue weighted by molar-refractivity contribution is 0.283. The maximum Gasteiger partial charge on any atom is 0.142 e. The Hall–Kier alpha value is -1.60. The lowest BCUT2D eigenvalue weighted by Gasteiger charge is -2.17. The molecule has 1 N–H and O–H groups in total. The summed E-state index contributed by atoms with van der Waals surface area (Å²) in [5, 5.41) is 17.4. The summed E-state index contributed by atoms with van der Waals surface area (Å²) in [4.78, 5) is 6.23. The highest BCUT2D eigenvalue weighted by Crippen LogP contribution is 2.10. The van der Waals surface area contributed by atoms with E-state index in [4.69, 9.17) is 10.4 Å². The summed E-state index contributed by atoms with van der Waals surface area (Å²) in [5.74, 6) is 0.822. The average molecular weight is 219 g/mol. The molecule has 1 rings (SSSR count). The molecule has 1 aromatic rings. The molecule has 0 amide bonds. The van der Waals surface area contributed by atoms with E-state index in [0.29, 0.717) is 5.69 Å². The van der Waals surface area contributed by atoms with Gasteiger partial charge in [0.1, 0.15) is 17.6 Å². The van der Waals surface area contributed by atoms with Crippen LogP contribution in [0.15, 0.2) is 18.2 Å². The van der Waals surface area contributed by atoms with Crippen LogP contribution in [0, 0.1) is 11.3 Å². The van der Waals surface area contributed by atoms with Gasteiger partial charge < -0.3 is 10.0 Å². The maximum absolute atomic E-state index is 8.73. The fourth-order valence-corrected chi connectivity index (χ4v) is 1.45. The molecule has 4 heteroatoms. The van der Waals surface area contributed by atoms with Gasteiger partial charge in [-0.1, -0.05) is 6.07 Å². The molecule has 0 aliphatic rings. The Morgan fingerprint density at radius 2 is 2.19 bits per heavy atom. The van der Waals surface area contributed by atoms with E-state index in [9.17, 15) is 0 Å². The number of aliphatic hydroxyl groups is 1. The second kappa shape index (κ2) is 6.81. The molecule has 0 aliphatic heterocycles. The van der Waals surface area contributed by atoms with E-state index >= 15 is 0 Å². The lowest BCUT2D eigenvalue weighted by Crippen LogP contribution is -2.19. The second-order valence-electron chi connectivity index (χ2n) is 3.70. The number of unbranched alkanes of at least 4 members (excludes halogenated alkanes) is 2. The summed E-state index contributed by atoms with van der Waals surface area (Å²) in [5.41, 5.74) is 0.444. The minimum absolute atomic E-state index is 0.256. The molecule has 4 nitrogen and oxygen atoms in total. The Labute approximate surface area is 96.2 Å². The van der Waals surface area contributed by atoms with Gasteiger partial charge in [-0.15, -0.1) is 0 Å². The molecule has 1 aromatic heterocycles. The third-order valence-electron chi connectivity index (χ3n) is 2.39. The van der Waals surface area contributed by atoms with Gasteiger partial charge in [-0.2, -0.15) is 5.26 Å². The molecule has 0 atom stereocenters. The molecule has 1 heterocycles. The number of pyridine rings is 1. The van der Waals surface area contributed by atoms with Crippen LogP contribution in [-0.2, 0) is 0 Å². The average Bonchev–Trinajstić information content (AvgIpc) is 2.34. The maximum atomic E-state index is 8.73. The third-order valence-corrected chi connectivity index (χ3v) is 2.39. The first-order valence-electron chi connectivity index (χ1n) is 5.47. The van der Waals surface area contributed by atoms with Crippen molar-refractivity contribution in [1.82, 2.24) is 4.98 Å². The van der Waals surface area contributed by atoms with Crippen molar-refractivity contribution in [1.29, 1.82) is 5.26 Å². The van der Waals surface area contributed by atoms with Crippen LogP contribution in [0.5, 0.6) is 0 Å². The van der Waals surface area contributed by atoms with Gasteiger partial charge in [0.2, 0.25) is 0 Å². The number of rotatable bonds is 6. The highest BCUT2D eigenvalue weighted by molar-refractivity contribution is 5.40. The summed E-state index contributed by atoms with van der Waals surface area (Å²) >= 11 is 0. The van der Waals surface area contributed by atoms with E-state index in [0.717, 1.165) is 31.6 Å². The van der Waals surface area contributed by atoms with Crippen molar-refractivity contribution in [2.45, 2.75) is 19.3 Å². The number of nitriles is 1. The Balaban J connectivity index is 2.46. The molecule has 0 bridgehead atoms. The number of hydrogen-bond acceptors (Lipinski definition) is 4. The van der Waals surface area contributed by atoms with Crippen molar-refractivity contribution in [3.63, 3.8) is 0 Å². The standard InChI is InChI=1S/C12H17N3O/c1-15(8-3-2-4-9-16)12-7-5-6-11(10-13)14-12/h5-7,16H,2-4,8-9H2,1H3. The summed E-state index contributed by atoms with van der Waals surface area (Å²) in [6, 6.07) is 7.46. The van der Waals surface area contributed by atoms with Crippen LogP contribution >= 0.6 is 0 Å². The zero-order valence-corrected chi connectivity index (χ0v) is 9.56. The first kappa shape index (κ1) is 12.5. The predicted octanol–water partition coefficient (Wildman–Crippen LogP) is 1.55. The second-order valence-corrected chi connectivity index (χ2v) is 3.70. The number of aliphatic hydroxyl groups excluding tert-OH is 1. The summed E-state index contributed by atoms with van der Waals surface area (Å²) in [7, 11) is 1.96. The van der Waals surface area contributed by atoms with E-state index in [1.807, 2.05) is 30.1 Å². The normalized spacial score (nSPS) is 9.81. The van der Waals surface area contributed by atoms with Gasteiger partial charge in [-0.25, -0.2) is 4.98 Å². The minimum atomic E-state index is 0.256. The molecule has 16 heavy (non-hydrogen) atoms. The van der Waals surface area contributed by atoms with Gasteiger partial charge in [0.05, 0.1) is 0 Å². The van der Waals surface area contributed by atoms with Gasteiger partial charge in [0.15, 0.2) is 0 Å². The van der Waals surface area contributed by atoms with Gasteiger partial charge in [0.25, 0.3) is 0 Å². The number of anilines is 1. The van der Waals surface area contributed by atoms with Gasteiger partial charge in [0, 0.05) is 20.2 Å². The van der Waals surface area contributed by atoms with E-state index in [2.05, 4.69) is 4.98 Å². The lowest BCUT2D eigenvalue weighted by atomic mass is 10.2. The molecule has 0 aromatic carbocycles. The zero-order chi connectivity index (χ0) is 11.8. The van der Waals surface area contributed by atoms with E-state index < -0.39 is 0 Å². The van der Waals surface area contributed by atoms with Crippen molar-refractivity contribution in [3.05, 3.63) is 23.9 Å². The molecule has 0 spiro atoms. The summed E-state index contributed by atoms with van der Waals surface area (Å²) in [6.07, 6.45) is 2.88. The van der Waals surface area contributed by atoms with Crippen molar-refractivity contribution in [2.75, 3.05) is 25.1 Å². The monoisotopic (exact) mass is 219 g/mol. The molecule has 0 radical (unpaired) electrons. The minimum Gasteiger partial charge on any atom is -0.396 e. The first-order chi connectivity index (χ1) is 7.77. The fourth-order valence-electron chi connectivity index (χ4n) is 1.45. The van der Waals surface area contributed by atoms with Crippen LogP contribution in [0.4, 0.5) is 5.82 Å². The van der Waals surface area contributed by atoms with E-state index in [-0.39, 0.29) is 6.61 Å². The molecular formula is C12H17N3O.